The second-order valence-electron chi connectivity index (χ2n) is 9.25. The number of halogens is 2. The van der Waals surface area contributed by atoms with Crippen molar-refractivity contribution in [2.75, 3.05) is 11.4 Å². The quantitative estimate of drug-likeness (QED) is 0.669. The molecular formula is C23H25ClFN5O2S. The molecule has 2 saturated carbocycles. The molecule has 5 rings (SSSR count). The number of nitrogens with zero attached hydrogens (tertiary/aromatic N) is 4. The molecular weight excluding hydrogens is 465 g/mol. The van der Waals surface area contributed by atoms with Gasteiger partial charge in [0.15, 0.2) is 0 Å². The molecule has 7 nitrogen and oxygen atoms in total. The van der Waals surface area contributed by atoms with Crippen molar-refractivity contribution in [3.63, 3.8) is 0 Å². The first-order valence-corrected chi connectivity index (χ1v) is 12.8. The van der Waals surface area contributed by atoms with Crippen molar-refractivity contribution < 1.29 is 13.4 Å². The lowest BCUT2D eigenvalue weighted by atomic mass is 9.93. The lowest BCUT2D eigenvalue weighted by Crippen LogP contribution is -2.48. The van der Waals surface area contributed by atoms with Crippen molar-refractivity contribution in [3.8, 4) is 6.07 Å². The van der Waals surface area contributed by atoms with E-state index in [0.29, 0.717) is 36.7 Å². The van der Waals surface area contributed by atoms with Crippen LogP contribution in [0.2, 0.25) is 5.02 Å². The van der Waals surface area contributed by atoms with Gasteiger partial charge in [0.2, 0.25) is 5.91 Å². The number of nitrogens with one attached hydrogen (secondary N) is 1. The maximum Gasteiger partial charge on any atom is 0.244 e. The highest BCUT2D eigenvalue weighted by Crippen LogP contribution is 2.40. The highest BCUT2D eigenvalue weighted by atomic mass is 35.5. The van der Waals surface area contributed by atoms with Gasteiger partial charge in [-0.3, -0.25) is 9.00 Å². The van der Waals surface area contributed by atoms with Crippen LogP contribution in [0, 0.1) is 24.1 Å². The van der Waals surface area contributed by atoms with Gasteiger partial charge in [0, 0.05) is 12.6 Å². The van der Waals surface area contributed by atoms with E-state index in [1.807, 2.05) is 22.6 Å². The Kier molecular flexibility index (Phi) is 5.69. The van der Waals surface area contributed by atoms with E-state index >= 15 is 0 Å². The van der Waals surface area contributed by atoms with Gasteiger partial charge in [0.1, 0.15) is 23.2 Å². The summed E-state index contributed by atoms with van der Waals surface area (Å²) < 4.78 is 29.0. The summed E-state index contributed by atoms with van der Waals surface area (Å²) in [4.78, 5) is 15.7. The molecule has 3 atom stereocenters. The number of nitriles is 1. The molecule has 2 aliphatic carbocycles. The molecule has 0 spiro atoms. The minimum atomic E-state index is -1.53. The Bertz CT molecular complexity index is 1170. The van der Waals surface area contributed by atoms with Crippen molar-refractivity contribution in [2.24, 2.45) is 0 Å². The van der Waals surface area contributed by atoms with Crippen LogP contribution in [0.1, 0.15) is 50.3 Å². The Morgan fingerprint density at radius 3 is 2.73 bits per heavy atom. The molecule has 2 aromatic rings. The summed E-state index contributed by atoms with van der Waals surface area (Å²) in [5, 5.41) is 16.8. The number of benzene rings is 1. The molecule has 10 heteroatoms. The fourth-order valence-electron chi connectivity index (χ4n) is 4.60. The van der Waals surface area contributed by atoms with E-state index in [1.165, 1.54) is 12.1 Å². The smallest absolute Gasteiger partial charge is 0.244 e. The van der Waals surface area contributed by atoms with Crippen molar-refractivity contribution in [1.29, 1.82) is 5.26 Å². The van der Waals surface area contributed by atoms with Crippen molar-refractivity contribution in [1.82, 2.24) is 15.1 Å². The molecule has 1 aromatic heterocycles. The van der Waals surface area contributed by atoms with Crippen LogP contribution in [0.3, 0.4) is 0 Å². The summed E-state index contributed by atoms with van der Waals surface area (Å²) in [6.45, 7) is 2.29. The van der Waals surface area contributed by atoms with E-state index in [0.717, 1.165) is 36.8 Å². The largest absolute Gasteiger partial charge is 0.344 e. The van der Waals surface area contributed by atoms with Gasteiger partial charge in [-0.15, -0.1) is 0 Å². The molecule has 3 aliphatic rings. The van der Waals surface area contributed by atoms with Crippen LogP contribution >= 0.6 is 11.6 Å². The van der Waals surface area contributed by atoms with Crippen LogP contribution in [0.5, 0.6) is 0 Å². The molecule has 3 unspecified atom stereocenters. The maximum atomic E-state index is 13.5. The van der Waals surface area contributed by atoms with Gasteiger partial charge in [-0.25, -0.2) is 9.07 Å². The van der Waals surface area contributed by atoms with Gasteiger partial charge in [-0.1, -0.05) is 11.6 Å². The maximum absolute atomic E-state index is 13.5. The molecule has 1 aromatic carbocycles. The van der Waals surface area contributed by atoms with Gasteiger partial charge >= 0.3 is 0 Å². The second-order valence-corrected chi connectivity index (χ2v) is 11.4. The van der Waals surface area contributed by atoms with Crippen LogP contribution < -0.4 is 10.2 Å². The minimum Gasteiger partial charge on any atom is -0.344 e. The number of aromatic nitrogens is 2. The van der Waals surface area contributed by atoms with Crippen molar-refractivity contribution in [2.45, 2.75) is 73.2 Å². The van der Waals surface area contributed by atoms with Gasteiger partial charge in [0.05, 0.1) is 43.8 Å². The van der Waals surface area contributed by atoms with Gasteiger partial charge in [0.25, 0.3) is 0 Å². The number of hydrogen-bond acceptors (Lipinski definition) is 5. The zero-order valence-corrected chi connectivity index (χ0v) is 19.8. The van der Waals surface area contributed by atoms with Gasteiger partial charge < -0.3 is 10.2 Å². The summed E-state index contributed by atoms with van der Waals surface area (Å²) in [6, 6.07) is 7.73. The number of hydrogen-bond donors (Lipinski definition) is 1. The van der Waals surface area contributed by atoms with Crippen LogP contribution in [0.25, 0.3) is 0 Å². The van der Waals surface area contributed by atoms with E-state index in [4.69, 9.17) is 11.6 Å². The highest BCUT2D eigenvalue weighted by Gasteiger charge is 2.49. The first-order chi connectivity index (χ1) is 15.8. The van der Waals surface area contributed by atoms with Crippen molar-refractivity contribution >= 4 is 34.1 Å². The van der Waals surface area contributed by atoms with E-state index in [1.54, 1.807) is 0 Å². The number of aryl methyl sites for hydroxylation is 1. The highest BCUT2D eigenvalue weighted by molar-refractivity contribution is 7.85. The molecule has 1 saturated heterocycles. The third kappa shape index (κ3) is 4.15. The molecule has 3 fully saturated rings. The molecule has 1 amide bonds. The summed E-state index contributed by atoms with van der Waals surface area (Å²) in [7, 11) is -1.53. The number of carbonyl (C=O) groups is 1. The second kappa shape index (κ2) is 8.41. The average molecular weight is 490 g/mol. The standard InChI is InChI=1S/C23H25ClFN5O2S/c1-14-9-21(30(28-14)16-3-2-4-16)29-12-17(33(32)20-6-5-15(25)10-18(20)24)11-19(29)22(31)27-23(13-26)7-8-23/h5-6,9-10,16-17,19H,2-4,7-8,11-12H2,1H3,(H,27,31). The first-order valence-electron chi connectivity index (χ1n) is 11.2. The SMILES string of the molecule is Cc1cc(N2CC(S(=O)c3ccc(F)cc3Cl)CC2C(=O)NC2(C#N)CC2)n(C2CCC2)n1. The van der Waals surface area contributed by atoms with Gasteiger partial charge in [-0.2, -0.15) is 10.4 Å². The van der Waals surface area contributed by atoms with E-state index < -0.39 is 28.2 Å². The van der Waals surface area contributed by atoms with E-state index in [-0.39, 0.29) is 16.2 Å². The summed E-state index contributed by atoms with van der Waals surface area (Å²) in [5.74, 6) is 0.110. The predicted molar refractivity (Wildman–Crippen MR) is 123 cm³/mol. The number of anilines is 1. The number of amides is 1. The minimum absolute atomic E-state index is 0.115. The Morgan fingerprint density at radius 2 is 2.12 bits per heavy atom. The summed E-state index contributed by atoms with van der Waals surface area (Å²) >= 11 is 6.19. The normalized spacial score (nSPS) is 24.7. The molecule has 33 heavy (non-hydrogen) atoms. The third-order valence-electron chi connectivity index (χ3n) is 6.86. The lowest BCUT2D eigenvalue weighted by molar-refractivity contribution is -0.122. The number of carbonyl (C=O) groups excluding carboxylic acids is 1. The van der Waals surface area contributed by atoms with Crippen LogP contribution in [-0.2, 0) is 15.6 Å². The Balaban J connectivity index is 1.46. The Labute approximate surface area is 199 Å². The molecule has 2 heterocycles. The fraction of sp³-hybridized carbons (Fsp3) is 0.522. The monoisotopic (exact) mass is 489 g/mol. The zero-order valence-electron chi connectivity index (χ0n) is 18.3. The van der Waals surface area contributed by atoms with E-state index in [2.05, 4.69) is 16.5 Å². The van der Waals surface area contributed by atoms with E-state index in [9.17, 15) is 18.7 Å². The topological polar surface area (TPSA) is 91.0 Å². The van der Waals surface area contributed by atoms with Crippen molar-refractivity contribution in [3.05, 3.63) is 40.8 Å². The first kappa shape index (κ1) is 22.4. The zero-order chi connectivity index (χ0) is 23.3. The van der Waals surface area contributed by atoms with Gasteiger partial charge in [-0.05, 0) is 63.6 Å². The van der Waals surface area contributed by atoms with Crippen LogP contribution in [0.15, 0.2) is 29.2 Å². The lowest BCUT2D eigenvalue weighted by Gasteiger charge is -2.32. The molecule has 0 radical (unpaired) electrons. The predicted octanol–water partition coefficient (Wildman–Crippen LogP) is 3.64. The third-order valence-corrected chi connectivity index (χ3v) is 9.02. The average Bonchev–Trinajstić information content (AvgIpc) is 3.20. The molecule has 1 N–H and O–H groups in total. The summed E-state index contributed by atoms with van der Waals surface area (Å²) in [6.07, 6.45) is 4.84. The summed E-state index contributed by atoms with van der Waals surface area (Å²) in [5.41, 5.74) is 0.0719. The van der Waals surface area contributed by atoms with Crippen LogP contribution in [0.4, 0.5) is 10.2 Å². The van der Waals surface area contributed by atoms with Crippen LogP contribution in [-0.4, -0.2) is 43.3 Å². The molecule has 0 bridgehead atoms. The Morgan fingerprint density at radius 1 is 1.36 bits per heavy atom. The molecule has 1 aliphatic heterocycles. The molecule has 174 valence electrons. The fourth-order valence-corrected chi connectivity index (χ4v) is 6.46. The Hall–Kier alpha value is -2.44. The number of rotatable bonds is 6.